The van der Waals surface area contributed by atoms with Crippen molar-refractivity contribution in [1.29, 1.82) is 0 Å². The maximum absolute atomic E-state index is 12.9. The van der Waals surface area contributed by atoms with Gasteiger partial charge in [0.2, 0.25) is 0 Å². The molecule has 1 aliphatic heterocycles. The Bertz CT molecular complexity index is 1690. The van der Waals surface area contributed by atoms with E-state index >= 15 is 0 Å². The standard InChI is InChI=1S/C34H29ClN2O4/c1-41-30-16-10-20(17-24(30)18-31(38)39)9-15-27-33-29(36-34(27)40)19-28(35)32(37-33)23-13-11-22(12-14-23)26-8-3-2-7-25(26)21-5-4-6-21/h2-3,7-8,10-17,19,21H,4-6,9,18H2,1H3,(H,36,40)(H,38,39)/b27-15-. The molecule has 41 heavy (non-hydrogen) atoms. The normalized spacial score (nSPS) is 15.4. The third-order valence-corrected chi connectivity index (χ3v) is 8.22. The molecule has 2 heterocycles. The molecule has 1 aliphatic carbocycles. The molecule has 1 fully saturated rings. The third kappa shape index (κ3) is 5.35. The summed E-state index contributed by atoms with van der Waals surface area (Å²) in [5.74, 6) is -0.0306. The van der Waals surface area contributed by atoms with E-state index < -0.39 is 5.97 Å². The fourth-order valence-corrected chi connectivity index (χ4v) is 5.86. The summed E-state index contributed by atoms with van der Waals surface area (Å²) in [7, 11) is 1.51. The van der Waals surface area contributed by atoms with Gasteiger partial charge < -0.3 is 15.2 Å². The predicted octanol–water partition coefficient (Wildman–Crippen LogP) is 7.55. The van der Waals surface area contributed by atoms with E-state index in [2.05, 4.69) is 41.7 Å². The zero-order valence-electron chi connectivity index (χ0n) is 22.6. The molecule has 0 radical (unpaired) electrons. The van der Waals surface area contributed by atoms with E-state index in [9.17, 15) is 14.7 Å². The van der Waals surface area contributed by atoms with Gasteiger partial charge in [0.25, 0.3) is 5.91 Å². The van der Waals surface area contributed by atoms with Crippen LogP contribution in [0.5, 0.6) is 5.75 Å². The second-order valence-corrected chi connectivity index (χ2v) is 10.9. The minimum Gasteiger partial charge on any atom is -0.496 e. The summed E-state index contributed by atoms with van der Waals surface area (Å²) in [5, 5.41) is 12.6. The monoisotopic (exact) mass is 564 g/mol. The molecule has 2 N–H and O–H groups in total. The zero-order valence-corrected chi connectivity index (χ0v) is 23.4. The number of carboxylic acids is 1. The summed E-state index contributed by atoms with van der Waals surface area (Å²) in [5.41, 5.74) is 8.34. The van der Waals surface area contributed by atoms with E-state index in [1.54, 1.807) is 18.2 Å². The number of hydrogen-bond donors (Lipinski definition) is 2. The Balaban J connectivity index is 1.29. The molecule has 1 saturated carbocycles. The Morgan fingerprint density at radius 2 is 1.80 bits per heavy atom. The van der Waals surface area contributed by atoms with Crippen molar-refractivity contribution in [2.75, 3.05) is 12.4 Å². The number of benzene rings is 3. The number of ether oxygens (including phenoxy) is 1. The Hall–Kier alpha value is -4.42. The van der Waals surface area contributed by atoms with Crippen molar-refractivity contribution in [3.63, 3.8) is 0 Å². The lowest BCUT2D eigenvalue weighted by atomic mass is 9.77. The van der Waals surface area contributed by atoms with Gasteiger partial charge in [0, 0.05) is 11.1 Å². The van der Waals surface area contributed by atoms with Crippen molar-refractivity contribution in [3.05, 3.63) is 106 Å². The lowest BCUT2D eigenvalue weighted by Crippen LogP contribution is -2.09. The van der Waals surface area contributed by atoms with Gasteiger partial charge in [-0.3, -0.25) is 9.59 Å². The highest BCUT2D eigenvalue weighted by atomic mass is 35.5. The number of nitrogens with zero attached hydrogens (tertiary/aromatic N) is 1. The first-order valence-electron chi connectivity index (χ1n) is 13.7. The number of aromatic nitrogens is 1. The van der Waals surface area contributed by atoms with Gasteiger partial charge in [-0.1, -0.05) is 84.8 Å². The quantitative estimate of drug-likeness (QED) is 0.216. The van der Waals surface area contributed by atoms with Crippen molar-refractivity contribution in [3.8, 4) is 28.1 Å². The number of methoxy groups -OCH3 is 1. The number of anilines is 1. The van der Waals surface area contributed by atoms with Gasteiger partial charge in [0.05, 0.1) is 41.2 Å². The Morgan fingerprint density at radius 3 is 2.51 bits per heavy atom. The second-order valence-electron chi connectivity index (χ2n) is 10.5. The molecule has 2 aliphatic rings. The summed E-state index contributed by atoms with van der Waals surface area (Å²) in [4.78, 5) is 29.0. The molecule has 0 saturated heterocycles. The Morgan fingerprint density at radius 1 is 1.05 bits per heavy atom. The number of fused-ring (bicyclic) bond motifs is 1. The van der Waals surface area contributed by atoms with E-state index in [1.807, 2.05) is 24.3 Å². The molecule has 0 unspecified atom stereocenters. The highest BCUT2D eigenvalue weighted by Crippen LogP contribution is 2.42. The van der Waals surface area contributed by atoms with E-state index in [0.29, 0.717) is 51.3 Å². The first-order chi connectivity index (χ1) is 19.9. The molecule has 1 amide bonds. The largest absolute Gasteiger partial charge is 0.496 e. The molecule has 0 bridgehead atoms. The van der Waals surface area contributed by atoms with Crippen LogP contribution in [-0.4, -0.2) is 29.1 Å². The fourth-order valence-electron chi connectivity index (χ4n) is 5.60. The van der Waals surface area contributed by atoms with E-state index in [1.165, 1.54) is 37.5 Å². The lowest BCUT2D eigenvalue weighted by Gasteiger charge is -2.28. The van der Waals surface area contributed by atoms with Crippen molar-refractivity contribution in [1.82, 2.24) is 4.98 Å². The van der Waals surface area contributed by atoms with Gasteiger partial charge in [-0.15, -0.1) is 0 Å². The van der Waals surface area contributed by atoms with Gasteiger partial charge in [0.1, 0.15) is 5.75 Å². The highest BCUT2D eigenvalue weighted by Gasteiger charge is 2.28. The number of hydrogen-bond acceptors (Lipinski definition) is 4. The van der Waals surface area contributed by atoms with Gasteiger partial charge in [-0.05, 0) is 59.6 Å². The number of pyridine rings is 1. The van der Waals surface area contributed by atoms with E-state index in [0.717, 1.165) is 16.7 Å². The van der Waals surface area contributed by atoms with Gasteiger partial charge in [0.15, 0.2) is 0 Å². The topological polar surface area (TPSA) is 88.5 Å². The molecule has 3 aromatic carbocycles. The summed E-state index contributed by atoms with van der Waals surface area (Å²) in [6.45, 7) is 0. The molecule has 6 rings (SSSR count). The van der Waals surface area contributed by atoms with Crippen LogP contribution < -0.4 is 10.1 Å². The summed E-state index contributed by atoms with van der Waals surface area (Å²) in [6, 6.07) is 24.1. The zero-order chi connectivity index (χ0) is 28.5. The fraction of sp³-hybridized carbons (Fsp3) is 0.206. The smallest absolute Gasteiger partial charge is 0.307 e. The number of rotatable bonds is 8. The van der Waals surface area contributed by atoms with E-state index in [-0.39, 0.29) is 12.3 Å². The summed E-state index contributed by atoms with van der Waals surface area (Å²) < 4.78 is 5.30. The van der Waals surface area contributed by atoms with Crippen LogP contribution in [0.3, 0.4) is 0 Å². The molecule has 0 atom stereocenters. The summed E-state index contributed by atoms with van der Waals surface area (Å²) in [6.07, 6.45) is 5.88. The average molecular weight is 565 g/mol. The van der Waals surface area contributed by atoms with Crippen LogP contribution in [0.15, 0.2) is 78.9 Å². The first-order valence-corrected chi connectivity index (χ1v) is 14.1. The maximum atomic E-state index is 12.9. The van der Waals surface area contributed by atoms with Crippen molar-refractivity contribution < 1.29 is 19.4 Å². The van der Waals surface area contributed by atoms with Crippen molar-refractivity contribution >= 4 is 34.7 Å². The molecule has 6 nitrogen and oxygen atoms in total. The summed E-state index contributed by atoms with van der Waals surface area (Å²) >= 11 is 6.66. The van der Waals surface area contributed by atoms with Crippen LogP contribution in [0.1, 0.15) is 47.6 Å². The van der Waals surface area contributed by atoms with Crippen LogP contribution >= 0.6 is 11.6 Å². The molecular weight excluding hydrogens is 536 g/mol. The lowest BCUT2D eigenvalue weighted by molar-refractivity contribution is -0.136. The molecule has 0 spiro atoms. The number of carbonyl (C=O) groups is 2. The van der Waals surface area contributed by atoms with E-state index in [4.69, 9.17) is 21.3 Å². The van der Waals surface area contributed by atoms with Gasteiger partial charge in [-0.25, -0.2) is 4.98 Å². The molecular formula is C34H29ClN2O4. The van der Waals surface area contributed by atoms with Crippen LogP contribution in [0.2, 0.25) is 5.02 Å². The number of amides is 1. The number of carbonyl (C=O) groups excluding carboxylic acids is 1. The van der Waals surface area contributed by atoms with Gasteiger partial charge >= 0.3 is 5.97 Å². The average Bonchev–Trinajstić information content (AvgIpc) is 3.24. The number of halogens is 1. The SMILES string of the molecule is COc1ccc(C/C=C2\C(=O)Nc3cc(Cl)c(-c4ccc(-c5ccccc5C5CCC5)cc4)nc32)cc1CC(=O)O. The van der Waals surface area contributed by atoms with Crippen LogP contribution in [0, 0.1) is 0 Å². The number of carboxylic acid groups (broad SMARTS) is 1. The second kappa shape index (κ2) is 11.2. The Kier molecular flexibility index (Phi) is 7.33. The minimum atomic E-state index is -0.938. The third-order valence-electron chi connectivity index (χ3n) is 7.93. The highest BCUT2D eigenvalue weighted by molar-refractivity contribution is 6.35. The minimum absolute atomic E-state index is 0.148. The molecule has 7 heteroatoms. The van der Waals surface area contributed by atoms with Crippen LogP contribution in [0.4, 0.5) is 5.69 Å². The molecule has 1 aromatic heterocycles. The van der Waals surface area contributed by atoms with Crippen LogP contribution in [0.25, 0.3) is 28.0 Å². The first kappa shape index (κ1) is 26.8. The number of allylic oxidation sites excluding steroid dienone is 1. The van der Waals surface area contributed by atoms with Crippen LogP contribution in [-0.2, 0) is 22.4 Å². The Labute approximate surface area is 243 Å². The molecule has 4 aromatic rings. The number of nitrogens with one attached hydrogen (secondary N) is 1. The predicted molar refractivity (Wildman–Crippen MR) is 161 cm³/mol. The van der Waals surface area contributed by atoms with Gasteiger partial charge in [-0.2, -0.15) is 0 Å². The molecule has 206 valence electrons. The number of aliphatic carboxylic acids is 1. The maximum Gasteiger partial charge on any atom is 0.307 e. The van der Waals surface area contributed by atoms with Crippen molar-refractivity contribution in [2.45, 2.75) is 38.0 Å². The van der Waals surface area contributed by atoms with Crippen molar-refractivity contribution in [2.24, 2.45) is 0 Å².